The first-order valence-corrected chi connectivity index (χ1v) is 13.9. The molecule has 36 heavy (non-hydrogen) atoms. The number of alkyl halides is 1. The summed E-state index contributed by atoms with van der Waals surface area (Å²) in [7, 11) is 0. The van der Waals surface area contributed by atoms with Crippen molar-refractivity contribution in [3.63, 3.8) is 0 Å². The maximum Gasteiger partial charge on any atom is 0.159 e. The Labute approximate surface area is 217 Å². The Morgan fingerprint density at radius 1 is 0.694 bits per heavy atom. The van der Waals surface area contributed by atoms with Crippen LogP contribution in [0.1, 0.15) is 84.1 Å². The van der Waals surface area contributed by atoms with Crippen molar-refractivity contribution in [2.24, 2.45) is 5.92 Å². The average molecular weight is 491 g/mol. The largest absolute Gasteiger partial charge is 0.491 e. The molecule has 0 radical (unpaired) electrons. The van der Waals surface area contributed by atoms with Crippen molar-refractivity contribution in [3.8, 4) is 28.3 Å². The summed E-state index contributed by atoms with van der Waals surface area (Å²) in [5.74, 6) is 1.27. The van der Waals surface area contributed by atoms with Gasteiger partial charge in [-0.1, -0.05) is 96.4 Å². The van der Waals surface area contributed by atoms with Crippen LogP contribution in [0.25, 0.3) is 22.5 Å². The van der Waals surface area contributed by atoms with E-state index >= 15 is 0 Å². The standard InChI is InChI=1S/C32H43FN2O/c1-4-5-6-7-8-9-10-11-12-13-26-14-16-27(17-15-26)29-22-34-32(35-23-29)28-18-20-30(21-19-28)36-24-31(33)25(2)3/h14-23,25,31H,4-13,24H2,1-3H3. The number of hydrogen-bond donors (Lipinski definition) is 0. The lowest BCUT2D eigenvalue weighted by Gasteiger charge is -2.13. The maximum absolute atomic E-state index is 13.7. The Kier molecular flexibility index (Phi) is 11.9. The number of rotatable bonds is 16. The van der Waals surface area contributed by atoms with Gasteiger partial charge in [-0.2, -0.15) is 0 Å². The van der Waals surface area contributed by atoms with Crippen LogP contribution < -0.4 is 4.74 Å². The van der Waals surface area contributed by atoms with Crippen molar-refractivity contribution >= 4 is 0 Å². The monoisotopic (exact) mass is 490 g/mol. The molecule has 0 amide bonds. The first-order chi connectivity index (χ1) is 17.6. The first kappa shape index (κ1) is 27.8. The highest BCUT2D eigenvalue weighted by molar-refractivity contribution is 5.64. The highest BCUT2D eigenvalue weighted by Gasteiger charge is 2.12. The van der Waals surface area contributed by atoms with Crippen molar-refractivity contribution in [2.75, 3.05) is 6.61 Å². The summed E-state index contributed by atoms with van der Waals surface area (Å²) in [6.07, 6.45) is 16.2. The molecule has 0 spiro atoms. The van der Waals surface area contributed by atoms with E-state index in [2.05, 4.69) is 41.2 Å². The summed E-state index contributed by atoms with van der Waals surface area (Å²) in [6.45, 7) is 6.05. The molecule has 0 aliphatic rings. The molecule has 1 atom stereocenters. The third-order valence-corrected chi connectivity index (χ3v) is 6.75. The van der Waals surface area contributed by atoms with Gasteiger partial charge in [0.2, 0.25) is 0 Å². The minimum atomic E-state index is -0.968. The SMILES string of the molecule is CCCCCCCCCCCc1ccc(-c2cnc(-c3ccc(OCC(F)C(C)C)cc3)nc2)cc1. The number of hydrogen-bond acceptors (Lipinski definition) is 3. The van der Waals surface area contributed by atoms with Crippen molar-refractivity contribution in [2.45, 2.75) is 91.2 Å². The molecule has 3 rings (SSSR count). The molecule has 1 unspecified atom stereocenters. The van der Waals surface area contributed by atoms with Gasteiger partial charge in [0.15, 0.2) is 5.82 Å². The number of aromatic nitrogens is 2. The number of halogens is 1. The number of ether oxygens (including phenoxy) is 1. The number of benzene rings is 2. The molecule has 0 aliphatic heterocycles. The molecule has 3 nitrogen and oxygen atoms in total. The second kappa shape index (κ2) is 15.4. The molecular weight excluding hydrogens is 447 g/mol. The van der Waals surface area contributed by atoms with Gasteiger partial charge in [0, 0.05) is 23.5 Å². The van der Waals surface area contributed by atoms with Gasteiger partial charge in [0.1, 0.15) is 18.5 Å². The van der Waals surface area contributed by atoms with E-state index in [-0.39, 0.29) is 12.5 Å². The Morgan fingerprint density at radius 2 is 1.25 bits per heavy atom. The fourth-order valence-electron chi connectivity index (χ4n) is 4.20. The minimum absolute atomic E-state index is 0.0490. The number of unbranched alkanes of at least 4 members (excludes halogenated alkanes) is 8. The van der Waals surface area contributed by atoms with E-state index in [1.807, 2.05) is 50.5 Å². The second-order valence-corrected chi connectivity index (χ2v) is 10.2. The predicted molar refractivity (Wildman–Crippen MR) is 149 cm³/mol. The van der Waals surface area contributed by atoms with Gasteiger partial charge < -0.3 is 4.74 Å². The van der Waals surface area contributed by atoms with E-state index in [0.717, 1.165) is 23.1 Å². The summed E-state index contributed by atoms with van der Waals surface area (Å²) < 4.78 is 19.3. The Hall–Kier alpha value is -2.75. The maximum atomic E-state index is 13.7. The van der Waals surface area contributed by atoms with Crippen molar-refractivity contribution in [3.05, 3.63) is 66.5 Å². The van der Waals surface area contributed by atoms with Crippen molar-refractivity contribution < 1.29 is 9.13 Å². The summed E-state index contributed by atoms with van der Waals surface area (Å²) in [4.78, 5) is 9.13. The van der Waals surface area contributed by atoms with Crippen LogP contribution in [-0.4, -0.2) is 22.7 Å². The molecule has 0 saturated heterocycles. The van der Waals surface area contributed by atoms with Crippen LogP contribution in [0.5, 0.6) is 5.75 Å². The lowest BCUT2D eigenvalue weighted by Crippen LogP contribution is -2.18. The number of nitrogens with zero attached hydrogens (tertiary/aromatic N) is 2. The second-order valence-electron chi connectivity index (χ2n) is 10.2. The van der Waals surface area contributed by atoms with E-state index in [9.17, 15) is 4.39 Å². The lowest BCUT2D eigenvalue weighted by molar-refractivity contribution is 0.155. The van der Waals surface area contributed by atoms with Crippen LogP contribution >= 0.6 is 0 Å². The van der Waals surface area contributed by atoms with E-state index in [0.29, 0.717) is 11.6 Å². The molecule has 0 bridgehead atoms. The molecule has 1 heterocycles. The quantitative estimate of drug-likeness (QED) is 0.188. The van der Waals surface area contributed by atoms with Gasteiger partial charge >= 0.3 is 0 Å². The third kappa shape index (κ3) is 9.37. The molecule has 0 aliphatic carbocycles. The van der Waals surface area contributed by atoms with E-state index in [4.69, 9.17) is 4.74 Å². The van der Waals surface area contributed by atoms with Gasteiger partial charge in [-0.3, -0.25) is 0 Å². The summed E-state index contributed by atoms with van der Waals surface area (Å²) in [5, 5.41) is 0. The van der Waals surface area contributed by atoms with Gasteiger partial charge in [-0.05, 0) is 54.2 Å². The van der Waals surface area contributed by atoms with Crippen LogP contribution in [0.15, 0.2) is 60.9 Å². The highest BCUT2D eigenvalue weighted by atomic mass is 19.1. The molecule has 0 N–H and O–H groups in total. The minimum Gasteiger partial charge on any atom is -0.491 e. The zero-order valence-corrected chi connectivity index (χ0v) is 22.4. The molecule has 194 valence electrons. The molecular formula is C32H43FN2O. The van der Waals surface area contributed by atoms with E-state index in [1.165, 1.54) is 63.4 Å². The molecule has 0 fully saturated rings. The van der Waals surface area contributed by atoms with E-state index < -0.39 is 6.17 Å². The van der Waals surface area contributed by atoms with Crippen LogP contribution in [0.3, 0.4) is 0 Å². The number of aryl methyl sites for hydroxylation is 1. The van der Waals surface area contributed by atoms with Gasteiger partial charge in [0.05, 0.1) is 0 Å². The average Bonchev–Trinajstić information content (AvgIpc) is 2.91. The lowest BCUT2D eigenvalue weighted by atomic mass is 10.0. The first-order valence-electron chi connectivity index (χ1n) is 13.9. The summed E-state index contributed by atoms with van der Waals surface area (Å²) >= 11 is 0. The zero-order chi connectivity index (χ0) is 25.6. The molecule has 4 heteroatoms. The molecule has 0 saturated carbocycles. The Bertz CT molecular complexity index is 984. The van der Waals surface area contributed by atoms with Crippen LogP contribution in [-0.2, 0) is 6.42 Å². The van der Waals surface area contributed by atoms with Crippen LogP contribution in [0.2, 0.25) is 0 Å². The van der Waals surface area contributed by atoms with Gasteiger partial charge in [-0.25, -0.2) is 14.4 Å². The van der Waals surface area contributed by atoms with Crippen LogP contribution in [0.4, 0.5) is 4.39 Å². The molecule has 1 aromatic heterocycles. The molecule has 3 aromatic rings. The Balaban J connectivity index is 1.43. The smallest absolute Gasteiger partial charge is 0.159 e. The van der Waals surface area contributed by atoms with Crippen LogP contribution in [0, 0.1) is 5.92 Å². The third-order valence-electron chi connectivity index (χ3n) is 6.75. The normalized spacial score (nSPS) is 12.1. The highest BCUT2D eigenvalue weighted by Crippen LogP contribution is 2.23. The summed E-state index contributed by atoms with van der Waals surface area (Å²) in [5.41, 5.74) is 4.45. The summed E-state index contributed by atoms with van der Waals surface area (Å²) in [6, 6.07) is 16.3. The Morgan fingerprint density at radius 3 is 1.83 bits per heavy atom. The molecule has 2 aromatic carbocycles. The van der Waals surface area contributed by atoms with Crippen molar-refractivity contribution in [1.82, 2.24) is 9.97 Å². The van der Waals surface area contributed by atoms with Gasteiger partial charge in [-0.15, -0.1) is 0 Å². The zero-order valence-electron chi connectivity index (χ0n) is 22.4. The predicted octanol–water partition coefficient (Wildman–Crippen LogP) is 9.26. The van der Waals surface area contributed by atoms with E-state index in [1.54, 1.807) is 0 Å². The fourth-order valence-corrected chi connectivity index (χ4v) is 4.20. The van der Waals surface area contributed by atoms with Gasteiger partial charge in [0.25, 0.3) is 0 Å². The topological polar surface area (TPSA) is 35.0 Å². The van der Waals surface area contributed by atoms with Crippen molar-refractivity contribution in [1.29, 1.82) is 0 Å². The fraction of sp³-hybridized carbons (Fsp3) is 0.500.